The second-order valence-electron chi connectivity index (χ2n) is 4.52. The van der Waals surface area contributed by atoms with Crippen LogP contribution in [0.1, 0.15) is 5.69 Å². The van der Waals surface area contributed by atoms with Gasteiger partial charge < -0.3 is 4.90 Å². The predicted molar refractivity (Wildman–Crippen MR) is 76.2 cm³/mol. The molecule has 0 aliphatic heterocycles. The molecule has 0 N–H and O–H groups in total. The van der Waals surface area contributed by atoms with Gasteiger partial charge in [-0.25, -0.2) is 0 Å². The molecule has 0 atom stereocenters. The first kappa shape index (κ1) is 15.8. The number of anilines is 1. The van der Waals surface area contributed by atoms with Crippen molar-refractivity contribution in [2.45, 2.75) is 12.7 Å². The van der Waals surface area contributed by atoms with Crippen LogP contribution in [-0.4, -0.2) is 22.2 Å². The summed E-state index contributed by atoms with van der Waals surface area (Å²) in [6.45, 7) is 3.57. The number of carbonyl (C=O) groups excluding carboxylic acids is 1. The van der Waals surface area contributed by atoms with Crippen molar-refractivity contribution in [3.05, 3.63) is 60.9 Å². The van der Waals surface area contributed by atoms with Crippen LogP contribution in [0.15, 0.2) is 55.3 Å². The minimum atomic E-state index is -4.52. The largest absolute Gasteiger partial charge is 0.435 e. The Kier molecular flexibility index (Phi) is 4.65. The van der Waals surface area contributed by atoms with Crippen molar-refractivity contribution in [2.75, 3.05) is 11.4 Å². The van der Waals surface area contributed by atoms with E-state index in [0.29, 0.717) is 5.69 Å². The van der Waals surface area contributed by atoms with Crippen molar-refractivity contribution in [2.24, 2.45) is 0 Å². The number of halogens is 3. The van der Waals surface area contributed by atoms with Gasteiger partial charge in [0, 0.05) is 18.4 Å². The summed E-state index contributed by atoms with van der Waals surface area (Å²) < 4.78 is 38.5. The van der Waals surface area contributed by atoms with Crippen LogP contribution in [0.4, 0.5) is 18.9 Å². The van der Waals surface area contributed by atoms with E-state index in [4.69, 9.17) is 0 Å². The number of hydrogen-bond acceptors (Lipinski definition) is 2. The summed E-state index contributed by atoms with van der Waals surface area (Å²) in [5.41, 5.74) is -0.370. The lowest BCUT2D eigenvalue weighted by Gasteiger charge is -2.21. The van der Waals surface area contributed by atoms with Crippen LogP contribution in [0.25, 0.3) is 0 Å². The fraction of sp³-hybridized carbons (Fsp3) is 0.200. The highest BCUT2D eigenvalue weighted by atomic mass is 19.4. The summed E-state index contributed by atoms with van der Waals surface area (Å²) in [6.07, 6.45) is -1.83. The van der Waals surface area contributed by atoms with E-state index < -0.39 is 11.9 Å². The van der Waals surface area contributed by atoms with Crippen molar-refractivity contribution >= 4 is 11.6 Å². The summed E-state index contributed by atoms with van der Waals surface area (Å²) in [7, 11) is 0. The quantitative estimate of drug-likeness (QED) is 0.796. The van der Waals surface area contributed by atoms with Gasteiger partial charge in [-0.3, -0.25) is 9.48 Å². The third kappa shape index (κ3) is 3.75. The molecule has 22 heavy (non-hydrogen) atoms. The number of nitrogens with zero attached hydrogens (tertiary/aromatic N) is 3. The molecule has 116 valence electrons. The fourth-order valence-electron chi connectivity index (χ4n) is 1.91. The van der Waals surface area contributed by atoms with Crippen molar-refractivity contribution < 1.29 is 18.0 Å². The molecule has 0 radical (unpaired) electrons. The molecule has 0 aliphatic rings. The average molecular weight is 309 g/mol. The Morgan fingerprint density at radius 2 is 1.95 bits per heavy atom. The number of aromatic nitrogens is 2. The molecule has 0 bridgehead atoms. The minimum Gasteiger partial charge on any atom is -0.307 e. The zero-order valence-corrected chi connectivity index (χ0v) is 11.6. The van der Waals surface area contributed by atoms with E-state index in [9.17, 15) is 18.0 Å². The third-order valence-electron chi connectivity index (χ3n) is 2.91. The smallest absolute Gasteiger partial charge is 0.307 e. The standard InChI is InChI=1S/C15H14F3N3O/c1-2-9-21(12-6-4-3-5-7-12)14(22)11-20-10-8-13(19-20)15(16,17)18/h2-8,10H,1,9,11H2. The summed E-state index contributed by atoms with van der Waals surface area (Å²) in [5, 5.41) is 3.38. The molecule has 1 heterocycles. The molecular weight excluding hydrogens is 295 g/mol. The monoisotopic (exact) mass is 309 g/mol. The van der Waals surface area contributed by atoms with E-state index in [1.807, 2.05) is 6.07 Å². The van der Waals surface area contributed by atoms with Gasteiger partial charge in [0.1, 0.15) is 6.54 Å². The summed E-state index contributed by atoms with van der Waals surface area (Å²) in [6, 6.07) is 9.68. The van der Waals surface area contributed by atoms with Crippen molar-refractivity contribution in [3.63, 3.8) is 0 Å². The highest BCUT2D eigenvalue weighted by molar-refractivity contribution is 5.93. The zero-order valence-electron chi connectivity index (χ0n) is 11.6. The van der Waals surface area contributed by atoms with E-state index in [0.717, 1.165) is 16.9 Å². The maximum absolute atomic E-state index is 12.5. The molecule has 1 amide bonds. The van der Waals surface area contributed by atoms with Crippen LogP contribution in [0.3, 0.4) is 0 Å². The first-order valence-corrected chi connectivity index (χ1v) is 6.49. The molecule has 1 aromatic heterocycles. The van der Waals surface area contributed by atoms with Crippen LogP contribution < -0.4 is 4.90 Å². The SMILES string of the molecule is C=CCN(C(=O)Cn1ccc(C(F)(F)F)n1)c1ccccc1. The molecule has 0 aliphatic carbocycles. The number of para-hydroxylation sites is 1. The zero-order chi connectivity index (χ0) is 16.2. The second kappa shape index (κ2) is 6.46. The molecule has 1 aromatic carbocycles. The highest BCUT2D eigenvalue weighted by Gasteiger charge is 2.33. The summed E-state index contributed by atoms with van der Waals surface area (Å²) >= 11 is 0. The van der Waals surface area contributed by atoms with Crippen LogP contribution in [0.2, 0.25) is 0 Å². The van der Waals surface area contributed by atoms with Crippen molar-refractivity contribution in [1.82, 2.24) is 9.78 Å². The van der Waals surface area contributed by atoms with E-state index in [1.165, 1.54) is 4.90 Å². The van der Waals surface area contributed by atoms with E-state index in [-0.39, 0.29) is 19.0 Å². The number of rotatable bonds is 5. The fourth-order valence-corrected chi connectivity index (χ4v) is 1.91. The number of hydrogen-bond donors (Lipinski definition) is 0. The maximum Gasteiger partial charge on any atom is 0.435 e. The molecule has 0 unspecified atom stereocenters. The molecule has 0 saturated heterocycles. The Morgan fingerprint density at radius 1 is 1.27 bits per heavy atom. The number of alkyl halides is 3. The van der Waals surface area contributed by atoms with Crippen molar-refractivity contribution in [3.8, 4) is 0 Å². The number of amides is 1. The summed E-state index contributed by atoms with van der Waals surface area (Å²) in [5.74, 6) is -0.372. The third-order valence-corrected chi connectivity index (χ3v) is 2.91. The van der Waals surface area contributed by atoms with Gasteiger partial charge in [-0.2, -0.15) is 18.3 Å². The molecule has 7 heteroatoms. The van der Waals surface area contributed by atoms with Crippen molar-refractivity contribution in [1.29, 1.82) is 0 Å². The molecule has 2 rings (SSSR count). The second-order valence-corrected chi connectivity index (χ2v) is 4.52. The van der Waals surface area contributed by atoms with Crippen LogP contribution in [0.5, 0.6) is 0 Å². The average Bonchev–Trinajstić information content (AvgIpc) is 2.94. The topological polar surface area (TPSA) is 38.1 Å². The van der Waals surface area contributed by atoms with Gasteiger partial charge in [-0.15, -0.1) is 6.58 Å². The van der Waals surface area contributed by atoms with Crippen LogP contribution in [-0.2, 0) is 17.5 Å². The van der Waals surface area contributed by atoms with Crippen LogP contribution in [0, 0.1) is 0 Å². The molecule has 4 nitrogen and oxygen atoms in total. The van der Waals surface area contributed by atoms with E-state index in [1.54, 1.807) is 30.3 Å². The lowest BCUT2D eigenvalue weighted by atomic mass is 10.2. The lowest BCUT2D eigenvalue weighted by molar-refractivity contribution is -0.141. The van der Waals surface area contributed by atoms with Gasteiger partial charge in [0.15, 0.2) is 5.69 Å². The normalized spacial score (nSPS) is 11.2. The summed E-state index contributed by atoms with van der Waals surface area (Å²) in [4.78, 5) is 13.7. The van der Waals surface area contributed by atoms with Gasteiger partial charge >= 0.3 is 6.18 Å². The number of carbonyl (C=O) groups is 1. The van der Waals surface area contributed by atoms with Gasteiger partial charge in [-0.05, 0) is 18.2 Å². The Hall–Kier alpha value is -2.57. The van der Waals surface area contributed by atoms with Gasteiger partial charge in [0.2, 0.25) is 5.91 Å². The Labute approximate surface area is 125 Å². The molecule has 0 saturated carbocycles. The highest BCUT2D eigenvalue weighted by Crippen LogP contribution is 2.27. The lowest BCUT2D eigenvalue weighted by Crippen LogP contribution is -2.34. The minimum absolute atomic E-state index is 0.260. The maximum atomic E-state index is 12.5. The molecular formula is C15H14F3N3O. The molecule has 0 fully saturated rings. The number of benzene rings is 1. The van der Waals surface area contributed by atoms with Gasteiger partial charge in [0.05, 0.1) is 0 Å². The Bertz CT molecular complexity index is 650. The Morgan fingerprint density at radius 3 is 2.50 bits per heavy atom. The van der Waals surface area contributed by atoms with E-state index in [2.05, 4.69) is 11.7 Å². The van der Waals surface area contributed by atoms with Crippen LogP contribution >= 0.6 is 0 Å². The van der Waals surface area contributed by atoms with Gasteiger partial charge in [0.25, 0.3) is 0 Å². The first-order chi connectivity index (χ1) is 10.4. The Balaban J connectivity index is 2.15. The van der Waals surface area contributed by atoms with Gasteiger partial charge in [-0.1, -0.05) is 24.3 Å². The van der Waals surface area contributed by atoms with E-state index >= 15 is 0 Å². The molecule has 2 aromatic rings. The molecule has 0 spiro atoms. The first-order valence-electron chi connectivity index (χ1n) is 6.49. The predicted octanol–water partition coefficient (Wildman–Crippen LogP) is 3.12.